The maximum absolute atomic E-state index is 9.00. The molecule has 1 fully saturated rings. The molecule has 0 amide bonds. The minimum Gasteiger partial charge on any atom is -0.481 e. The molecule has 2 N–H and O–H groups in total. The second-order valence-electron chi connectivity index (χ2n) is 5.93. The Morgan fingerprint density at radius 3 is 1.67 bits per heavy atom. The van der Waals surface area contributed by atoms with Crippen molar-refractivity contribution in [1.29, 1.82) is 0 Å². The lowest BCUT2D eigenvalue weighted by Crippen LogP contribution is -2.57. The molecule has 1 saturated heterocycles. The van der Waals surface area contributed by atoms with E-state index in [-0.39, 0.29) is 0 Å². The van der Waals surface area contributed by atoms with E-state index in [1.54, 1.807) is 0 Å². The Hall–Kier alpha value is -0.570. The molecular formula is C12H25NO2. The number of nitrogens with one attached hydrogen (secondary N) is 1. The number of carbonyl (C=O) groups is 1. The zero-order valence-electron chi connectivity index (χ0n) is 10.8. The Labute approximate surface area is 93.3 Å². The molecular weight excluding hydrogens is 190 g/mol. The first-order valence-corrected chi connectivity index (χ1v) is 5.53. The van der Waals surface area contributed by atoms with Gasteiger partial charge in [-0.15, -0.1) is 0 Å². The van der Waals surface area contributed by atoms with Crippen LogP contribution in [0, 0.1) is 5.92 Å². The molecule has 0 atom stereocenters. The third-order valence-corrected chi connectivity index (χ3v) is 2.39. The number of hydrogen-bond donors (Lipinski definition) is 2. The highest BCUT2D eigenvalue weighted by Gasteiger charge is 2.35. The highest BCUT2D eigenvalue weighted by atomic mass is 16.4. The van der Waals surface area contributed by atoms with Crippen molar-refractivity contribution in [3.63, 3.8) is 0 Å². The third kappa shape index (κ3) is 7.37. The summed E-state index contributed by atoms with van der Waals surface area (Å²) in [5.41, 5.74) is 0.669. The van der Waals surface area contributed by atoms with Crippen LogP contribution in [-0.4, -0.2) is 22.2 Å². The van der Waals surface area contributed by atoms with Gasteiger partial charge in [0.1, 0.15) is 0 Å². The van der Waals surface area contributed by atoms with Crippen LogP contribution in [0.15, 0.2) is 0 Å². The predicted molar refractivity (Wildman–Crippen MR) is 63.0 cm³/mol. The Kier molecular flexibility index (Phi) is 4.78. The average molecular weight is 215 g/mol. The Morgan fingerprint density at radius 1 is 1.20 bits per heavy atom. The standard InChI is InChI=1S/C10H21N.C2H4O2/c1-8-6-9(2,3)11-10(4,5)7-8;1-2(3)4/h8,11H,6-7H2,1-5H3;1H3,(H,3,4). The number of carboxylic acids is 1. The number of aliphatic carboxylic acids is 1. The zero-order valence-corrected chi connectivity index (χ0v) is 10.8. The monoisotopic (exact) mass is 215 g/mol. The SMILES string of the molecule is CC(=O)O.CC1CC(C)(C)NC(C)(C)C1. The molecule has 0 aromatic carbocycles. The van der Waals surface area contributed by atoms with Gasteiger partial charge in [-0.3, -0.25) is 4.79 Å². The van der Waals surface area contributed by atoms with Crippen molar-refractivity contribution in [2.75, 3.05) is 0 Å². The van der Waals surface area contributed by atoms with Gasteiger partial charge in [-0.05, 0) is 46.5 Å². The summed E-state index contributed by atoms with van der Waals surface area (Å²) in [6.45, 7) is 12.6. The first-order chi connectivity index (χ1) is 6.54. The fraction of sp³-hybridized carbons (Fsp3) is 0.917. The summed E-state index contributed by atoms with van der Waals surface area (Å²) < 4.78 is 0. The molecule has 0 radical (unpaired) electrons. The quantitative estimate of drug-likeness (QED) is 0.653. The fourth-order valence-corrected chi connectivity index (χ4v) is 2.83. The smallest absolute Gasteiger partial charge is 0.300 e. The van der Waals surface area contributed by atoms with E-state index in [4.69, 9.17) is 9.90 Å². The van der Waals surface area contributed by atoms with Gasteiger partial charge in [0.25, 0.3) is 5.97 Å². The molecule has 1 aliphatic heterocycles. The van der Waals surface area contributed by atoms with Crippen LogP contribution in [0.3, 0.4) is 0 Å². The molecule has 0 saturated carbocycles. The number of hydrogen-bond acceptors (Lipinski definition) is 2. The van der Waals surface area contributed by atoms with Crippen molar-refractivity contribution in [3.05, 3.63) is 0 Å². The van der Waals surface area contributed by atoms with Crippen LogP contribution >= 0.6 is 0 Å². The largest absolute Gasteiger partial charge is 0.481 e. The molecule has 15 heavy (non-hydrogen) atoms. The van der Waals surface area contributed by atoms with Crippen LogP contribution in [0.5, 0.6) is 0 Å². The molecule has 1 aliphatic rings. The first-order valence-electron chi connectivity index (χ1n) is 5.53. The van der Waals surface area contributed by atoms with Gasteiger partial charge in [0.05, 0.1) is 0 Å². The lowest BCUT2D eigenvalue weighted by Gasteiger charge is -2.45. The highest BCUT2D eigenvalue weighted by Crippen LogP contribution is 2.31. The van der Waals surface area contributed by atoms with Gasteiger partial charge in [0.15, 0.2) is 0 Å². The second kappa shape index (κ2) is 4.97. The number of piperidine rings is 1. The molecule has 0 unspecified atom stereocenters. The van der Waals surface area contributed by atoms with Gasteiger partial charge in [0, 0.05) is 18.0 Å². The third-order valence-electron chi connectivity index (χ3n) is 2.39. The zero-order chi connectivity index (χ0) is 12.3. The van der Waals surface area contributed by atoms with Crippen molar-refractivity contribution in [1.82, 2.24) is 5.32 Å². The molecule has 0 aromatic heterocycles. The summed E-state index contributed by atoms with van der Waals surface area (Å²) in [5, 5.41) is 11.1. The molecule has 3 nitrogen and oxygen atoms in total. The van der Waals surface area contributed by atoms with Gasteiger partial charge in [0.2, 0.25) is 0 Å². The van der Waals surface area contributed by atoms with E-state index >= 15 is 0 Å². The van der Waals surface area contributed by atoms with Crippen molar-refractivity contribution >= 4 is 5.97 Å². The van der Waals surface area contributed by atoms with Crippen molar-refractivity contribution in [2.24, 2.45) is 5.92 Å². The Bertz CT molecular complexity index is 202. The minimum absolute atomic E-state index is 0.334. The van der Waals surface area contributed by atoms with Gasteiger partial charge in [-0.2, -0.15) is 0 Å². The molecule has 90 valence electrons. The van der Waals surface area contributed by atoms with E-state index in [9.17, 15) is 0 Å². The summed E-state index contributed by atoms with van der Waals surface area (Å²) in [6.07, 6.45) is 2.60. The second-order valence-corrected chi connectivity index (χ2v) is 5.93. The summed E-state index contributed by atoms with van der Waals surface area (Å²) >= 11 is 0. The molecule has 3 heteroatoms. The van der Waals surface area contributed by atoms with E-state index in [2.05, 4.69) is 39.9 Å². The summed E-state index contributed by atoms with van der Waals surface area (Å²) in [5.74, 6) is 0.0289. The Balaban J connectivity index is 0.000000423. The van der Waals surface area contributed by atoms with Crippen molar-refractivity contribution in [2.45, 2.75) is 65.5 Å². The highest BCUT2D eigenvalue weighted by molar-refractivity contribution is 5.62. The molecule has 1 heterocycles. The van der Waals surface area contributed by atoms with Crippen LogP contribution in [0.2, 0.25) is 0 Å². The maximum Gasteiger partial charge on any atom is 0.300 e. The van der Waals surface area contributed by atoms with Gasteiger partial charge >= 0.3 is 0 Å². The van der Waals surface area contributed by atoms with Crippen LogP contribution in [0.1, 0.15) is 54.4 Å². The molecule has 0 aromatic rings. The average Bonchev–Trinajstić information content (AvgIpc) is 1.73. The van der Waals surface area contributed by atoms with Crippen LogP contribution in [0.25, 0.3) is 0 Å². The van der Waals surface area contributed by atoms with E-state index in [0.29, 0.717) is 11.1 Å². The van der Waals surface area contributed by atoms with E-state index in [1.165, 1.54) is 12.8 Å². The van der Waals surface area contributed by atoms with Crippen LogP contribution in [-0.2, 0) is 4.79 Å². The first kappa shape index (κ1) is 14.4. The minimum atomic E-state index is -0.833. The van der Waals surface area contributed by atoms with E-state index < -0.39 is 5.97 Å². The normalized spacial score (nSPS) is 23.9. The summed E-state index contributed by atoms with van der Waals surface area (Å²) in [4.78, 5) is 9.00. The summed E-state index contributed by atoms with van der Waals surface area (Å²) in [7, 11) is 0. The molecule has 1 rings (SSSR count). The lowest BCUT2D eigenvalue weighted by atomic mass is 9.77. The van der Waals surface area contributed by atoms with Crippen molar-refractivity contribution < 1.29 is 9.90 Å². The van der Waals surface area contributed by atoms with Gasteiger partial charge in [-0.25, -0.2) is 0 Å². The number of rotatable bonds is 0. The predicted octanol–water partition coefficient (Wildman–Crippen LogP) is 2.65. The van der Waals surface area contributed by atoms with E-state index in [1.807, 2.05) is 0 Å². The Morgan fingerprint density at radius 2 is 1.47 bits per heavy atom. The summed E-state index contributed by atoms with van der Waals surface area (Å²) in [6, 6.07) is 0. The fourth-order valence-electron chi connectivity index (χ4n) is 2.83. The topological polar surface area (TPSA) is 49.3 Å². The molecule has 0 bridgehead atoms. The number of carboxylic acid groups (broad SMARTS) is 1. The van der Waals surface area contributed by atoms with Crippen molar-refractivity contribution in [3.8, 4) is 0 Å². The van der Waals surface area contributed by atoms with Gasteiger partial charge < -0.3 is 10.4 Å². The molecule has 0 aliphatic carbocycles. The maximum atomic E-state index is 9.00. The van der Waals surface area contributed by atoms with Crippen LogP contribution < -0.4 is 5.32 Å². The molecule has 0 spiro atoms. The lowest BCUT2D eigenvalue weighted by molar-refractivity contribution is -0.134. The van der Waals surface area contributed by atoms with Crippen LogP contribution in [0.4, 0.5) is 0 Å². The van der Waals surface area contributed by atoms with Gasteiger partial charge in [-0.1, -0.05) is 6.92 Å². The van der Waals surface area contributed by atoms with E-state index in [0.717, 1.165) is 12.8 Å².